The summed E-state index contributed by atoms with van der Waals surface area (Å²) < 4.78 is 23.5. The third-order valence-electron chi connectivity index (χ3n) is 4.75. The van der Waals surface area contributed by atoms with E-state index in [0.29, 0.717) is 34.5 Å². The van der Waals surface area contributed by atoms with Gasteiger partial charge in [-0.1, -0.05) is 17.7 Å². The number of rotatable bonds is 7. The molecular weight excluding hydrogens is 421 g/mol. The molecule has 4 rings (SSSR count). The maximum absolute atomic E-state index is 12.4. The minimum absolute atomic E-state index is 0.0713. The average Bonchev–Trinajstić information content (AvgIpc) is 2.78. The van der Waals surface area contributed by atoms with Crippen LogP contribution in [0.3, 0.4) is 0 Å². The number of halogens is 2. The van der Waals surface area contributed by atoms with Crippen molar-refractivity contribution >= 4 is 35.0 Å². The molecule has 0 radical (unpaired) electrons. The quantitative estimate of drug-likeness (QED) is 0.528. The van der Waals surface area contributed by atoms with Crippen LogP contribution in [0.5, 0.6) is 11.5 Å². The number of fused-ring (bicyclic) bond motifs is 1. The molecule has 0 saturated heterocycles. The number of alkyl halides is 1. The molecular formula is C22H21ClFN5O2. The molecule has 1 unspecified atom stereocenters. The molecule has 2 aromatic carbocycles. The van der Waals surface area contributed by atoms with Crippen LogP contribution in [-0.4, -0.2) is 24.6 Å². The zero-order valence-electron chi connectivity index (χ0n) is 16.5. The first-order chi connectivity index (χ1) is 15.1. The molecule has 2 heterocycles. The van der Waals surface area contributed by atoms with Crippen molar-refractivity contribution < 1.29 is 13.9 Å². The Morgan fingerprint density at radius 3 is 2.71 bits per heavy atom. The van der Waals surface area contributed by atoms with E-state index in [9.17, 15) is 4.39 Å². The van der Waals surface area contributed by atoms with Crippen LogP contribution >= 0.6 is 11.6 Å². The largest absolute Gasteiger partial charge is 0.489 e. The van der Waals surface area contributed by atoms with Gasteiger partial charge >= 0.3 is 0 Å². The van der Waals surface area contributed by atoms with Crippen molar-refractivity contribution in [2.75, 3.05) is 23.9 Å². The maximum Gasteiger partial charge on any atom is 0.144 e. The molecule has 3 aromatic rings. The van der Waals surface area contributed by atoms with E-state index in [4.69, 9.17) is 32.5 Å². The number of benzene rings is 2. The fourth-order valence-electron chi connectivity index (χ4n) is 3.20. The SMILES string of the molecule is Nc1cc2c(cc1OCCF)N=CN(c1ccc(OCc3ccccn3)c(Cl)c1)C2N. The van der Waals surface area contributed by atoms with Crippen molar-refractivity contribution in [2.24, 2.45) is 10.7 Å². The highest BCUT2D eigenvalue weighted by atomic mass is 35.5. The molecule has 4 N–H and O–H groups in total. The van der Waals surface area contributed by atoms with Crippen LogP contribution in [0, 0.1) is 0 Å². The highest BCUT2D eigenvalue weighted by Gasteiger charge is 2.24. The zero-order valence-corrected chi connectivity index (χ0v) is 17.3. The fraction of sp³-hybridized carbons (Fsp3) is 0.182. The van der Waals surface area contributed by atoms with Gasteiger partial charge in [-0.05, 0) is 36.4 Å². The first-order valence-corrected chi connectivity index (χ1v) is 9.97. The number of hydrogen-bond donors (Lipinski definition) is 2. The number of aromatic nitrogens is 1. The van der Waals surface area contributed by atoms with Crippen molar-refractivity contribution in [3.63, 3.8) is 0 Å². The molecule has 1 aliphatic heterocycles. The summed E-state index contributed by atoms with van der Waals surface area (Å²) in [7, 11) is 0. The lowest BCUT2D eigenvalue weighted by Gasteiger charge is -2.31. The summed E-state index contributed by atoms with van der Waals surface area (Å²) in [4.78, 5) is 10.5. The molecule has 1 aromatic heterocycles. The molecule has 0 aliphatic carbocycles. The number of hydrogen-bond acceptors (Lipinski definition) is 7. The normalized spacial score (nSPS) is 14.9. The van der Waals surface area contributed by atoms with Gasteiger partial charge in [0.25, 0.3) is 0 Å². The lowest BCUT2D eigenvalue weighted by Crippen LogP contribution is -2.35. The van der Waals surface area contributed by atoms with Crippen LogP contribution in [0.4, 0.5) is 21.5 Å². The summed E-state index contributed by atoms with van der Waals surface area (Å²) in [5.74, 6) is 0.921. The van der Waals surface area contributed by atoms with E-state index >= 15 is 0 Å². The summed E-state index contributed by atoms with van der Waals surface area (Å²) in [6.07, 6.45) is 2.78. The molecule has 31 heavy (non-hydrogen) atoms. The van der Waals surface area contributed by atoms with E-state index in [1.54, 1.807) is 41.7 Å². The second-order valence-electron chi connectivity index (χ2n) is 6.81. The van der Waals surface area contributed by atoms with Crippen molar-refractivity contribution in [1.82, 2.24) is 4.98 Å². The molecule has 1 aliphatic rings. The van der Waals surface area contributed by atoms with Crippen molar-refractivity contribution in [3.8, 4) is 11.5 Å². The lowest BCUT2D eigenvalue weighted by atomic mass is 10.1. The molecule has 0 saturated carbocycles. The Morgan fingerprint density at radius 2 is 1.97 bits per heavy atom. The summed E-state index contributed by atoms with van der Waals surface area (Å²) >= 11 is 6.43. The Morgan fingerprint density at radius 1 is 1.10 bits per heavy atom. The maximum atomic E-state index is 12.4. The van der Waals surface area contributed by atoms with E-state index in [0.717, 1.165) is 16.9 Å². The monoisotopic (exact) mass is 441 g/mol. The number of anilines is 2. The average molecular weight is 442 g/mol. The summed E-state index contributed by atoms with van der Waals surface area (Å²) in [6, 6.07) is 14.4. The van der Waals surface area contributed by atoms with Crippen LogP contribution in [0.15, 0.2) is 59.7 Å². The molecule has 0 spiro atoms. The van der Waals surface area contributed by atoms with E-state index in [-0.39, 0.29) is 6.61 Å². The van der Waals surface area contributed by atoms with Crippen LogP contribution < -0.4 is 25.8 Å². The number of nitrogen functional groups attached to an aromatic ring is 1. The van der Waals surface area contributed by atoms with Crippen LogP contribution in [0.1, 0.15) is 17.4 Å². The smallest absolute Gasteiger partial charge is 0.144 e. The fourth-order valence-corrected chi connectivity index (χ4v) is 3.43. The Balaban J connectivity index is 1.52. The van der Waals surface area contributed by atoms with Gasteiger partial charge in [0.2, 0.25) is 0 Å². The topological polar surface area (TPSA) is 99.0 Å². The summed E-state index contributed by atoms with van der Waals surface area (Å²) in [5, 5.41) is 0.439. The van der Waals surface area contributed by atoms with Gasteiger partial charge in [-0.3, -0.25) is 4.98 Å². The van der Waals surface area contributed by atoms with E-state index in [2.05, 4.69) is 9.98 Å². The van der Waals surface area contributed by atoms with Gasteiger partial charge in [0.1, 0.15) is 37.6 Å². The van der Waals surface area contributed by atoms with Gasteiger partial charge in [-0.2, -0.15) is 0 Å². The third-order valence-corrected chi connectivity index (χ3v) is 5.04. The van der Waals surface area contributed by atoms with Gasteiger partial charge in [-0.15, -0.1) is 0 Å². The van der Waals surface area contributed by atoms with Gasteiger partial charge in [-0.25, -0.2) is 9.38 Å². The third kappa shape index (κ3) is 4.55. The van der Waals surface area contributed by atoms with E-state index < -0.39 is 12.8 Å². The van der Waals surface area contributed by atoms with Crippen molar-refractivity contribution in [2.45, 2.75) is 12.8 Å². The van der Waals surface area contributed by atoms with Gasteiger partial charge in [0.05, 0.1) is 28.4 Å². The predicted octanol–water partition coefficient (Wildman–Crippen LogP) is 4.38. The van der Waals surface area contributed by atoms with Crippen molar-refractivity contribution in [3.05, 3.63) is 71.0 Å². The molecule has 0 amide bonds. The van der Waals surface area contributed by atoms with Crippen molar-refractivity contribution in [1.29, 1.82) is 0 Å². The molecule has 0 bridgehead atoms. The number of nitrogens with two attached hydrogens (primary N) is 2. The van der Waals surface area contributed by atoms with Crippen LogP contribution in [0.2, 0.25) is 5.02 Å². The lowest BCUT2D eigenvalue weighted by molar-refractivity contribution is 0.274. The van der Waals surface area contributed by atoms with Gasteiger partial charge < -0.3 is 25.8 Å². The Hall–Kier alpha value is -3.36. The summed E-state index contributed by atoms with van der Waals surface area (Å²) in [6.45, 7) is -0.363. The number of pyridine rings is 1. The zero-order chi connectivity index (χ0) is 21.8. The van der Waals surface area contributed by atoms with Crippen LogP contribution in [-0.2, 0) is 6.61 Å². The molecule has 160 valence electrons. The van der Waals surface area contributed by atoms with E-state index in [1.165, 1.54) is 0 Å². The second kappa shape index (κ2) is 9.20. The van der Waals surface area contributed by atoms with Crippen LogP contribution in [0.25, 0.3) is 0 Å². The number of aliphatic imine (C=N–C) groups is 1. The second-order valence-corrected chi connectivity index (χ2v) is 7.21. The minimum atomic E-state index is -0.602. The van der Waals surface area contributed by atoms with Gasteiger partial charge in [0, 0.05) is 23.5 Å². The highest BCUT2D eigenvalue weighted by molar-refractivity contribution is 6.32. The number of nitrogens with zero attached hydrogens (tertiary/aromatic N) is 3. The highest BCUT2D eigenvalue weighted by Crippen LogP contribution is 2.40. The van der Waals surface area contributed by atoms with Gasteiger partial charge in [0.15, 0.2) is 0 Å². The minimum Gasteiger partial charge on any atom is -0.489 e. The predicted molar refractivity (Wildman–Crippen MR) is 120 cm³/mol. The Bertz CT molecular complexity index is 1100. The molecule has 9 heteroatoms. The Kier molecular flexibility index (Phi) is 6.20. The standard InChI is InChI=1S/C22H21ClFN5O2/c23-17-9-15(4-5-20(17)31-12-14-3-1-2-7-27-14)29-13-28-19-11-21(30-8-6-24)18(25)10-16(19)22(29)26/h1-5,7,9-11,13,22H,6,8,12,25-26H2. The summed E-state index contributed by atoms with van der Waals surface area (Å²) in [5.41, 5.74) is 15.8. The molecule has 0 fully saturated rings. The molecule has 7 nitrogen and oxygen atoms in total. The number of ether oxygens (including phenoxy) is 2. The Labute approximate surface area is 184 Å². The molecule has 1 atom stereocenters. The first-order valence-electron chi connectivity index (χ1n) is 9.59. The first kappa shape index (κ1) is 20.9. The van der Waals surface area contributed by atoms with E-state index in [1.807, 2.05) is 24.3 Å².